The first kappa shape index (κ1) is 12.5. The molecule has 0 radical (unpaired) electrons. The molecular weight excluding hydrogens is 235 g/mol. The van der Waals surface area contributed by atoms with Crippen LogP contribution in [0.1, 0.15) is 13.3 Å². The molecule has 4 atom stereocenters. The van der Waals surface area contributed by atoms with Crippen LogP contribution < -0.4 is 0 Å². The van der Waals surface area contributed by atoms with Crippen LogP contribution in [0, 0.1) is 0 Å². The standard InChI is InChI=1S/C9H17O6P/c1-8-4-7(14-16(3,10)11)9(15-8,5-12-2)6-13-8/h7H,4-6H2,1-3H3,(H,10,11)/t7-,8+,9-/m0/s1. The minimum atomic E-state index is -3.53. The van der Waals surface area contributed by atoms with Crippen LogP contribution in [-0.2, 0) is 23.3 Å². The van der Waals surface area contributed by atoms with Gasteiger partial charge in [-0.15, -0.1) is 0 Å². The lowest BCUT2D eigenvalue weighted by Gasteiger charge is -2.31. The van der Waals surface area contributed by atoms with Crippen LogP contribution in [0.3, 0.4) is 0 Å². The van der Waals surface area contributed by atoms with Crippen LogP contribution in [0.5, 0.6) is 0 Å². The van der Waals surface area contributed by atoms with E-state index in [0.717, 1.165) is 0 Å². The first-order valence-electron chi connectivity index (χ1n) is 5.10. The van der Waals surface area contributed by atoms with Crippen LogP contribution in [0.15, 0.2) is 0 Å². The number of hydrogen-bond acceptors (Lipinski definition) is 5. The lowest BCUT2D eigenvalue weighted by molar-refractivity contribution is -0.144. The van der Waals surface area contributed by atoms with Gasteiger partial charge in [0.2, 0.25) is 0 Å². The van der Waals surface area contributed by atoms with Crippen molar-refractivity contribution in [1.82, 2.24) is 0 Å². The molecule has 16 heavy (non-hydrogen) atoms. The minimum Gasteiger partial charge on any atom is -0.381 e. The minimum absolute atomic E-state index is 0.285. The van der Waals surface area contributed by atoms with Crippen LogP contribution >= 0.6 is 7.60 Å². The molecule has 0 aromatic rings. The van der Waals surface area contributed by atoms with E-state index in [0.29, 0.717) is 13.0 Å². The van der Waals surface area contributed by atoms with Crippen molar-refractivity contribution in [3.05, 3.63) is 0 Å². The first-order chi connectivity index (χ1) is 7.29. The van der Waals surface area contributed by atoms with E-state index in [1.165, 1.54) is 6.66 Å². The van der Waals surface area contributed by atoms with Crippen molar-refractivity contribution < 1.29 is 28.2 Å². The number of ether oxygens (including phenoxy) is 3. The summed E-state index contributed by atoms with van der Waals surface area (Å²) in [7, 11) is -1.98. The highest BCUT2D eigenvalue weighted by atomic mass is 31.2. The summed E-state index contributed by atoms with van der Waals surface area (Å²) in [6.45, 7) is 3.57. The molecule has 0 amide bonds. The van der Waals surface area contributed by atoms with Gasteiger partial charge in [0, 0.05) is 20.2 Å². The smallest absolute Gasteiger partial charge is 0.325 e. The molecular formula is C9H17O6P. The Morgan fingerprint density at radius 3 is 2.81 bits per heavy atom. The molecule has 2 fully saturated rings. The predicted octanol–water partition coefficient (Wildman–Crippen LogP) is 0.739. The molecule has 0 aromatic heterocycles. The topological polar surface area (TPSA) is 74.2 Å². The molecule has 2 rings (SSSR count). The average Bonchev–Trinajstić information content (AvgIpc) is 2.53. The van der Waals surface area contributed by atoms with E-state index in [1.807, 2.05) is 0 Å². The fraction of sp³-hybridized carbons (Fsp3) is 1.00. The van der Waals surface area contributed by atoms with Crippen LogP contribution in [0.25, 0.3) is 0 Å². The summed E-state index contributed by atoms with van der Waals surface area (Å²) in [5.41, 5.74) is -0.752. The van der Waals surface area contributed by atoms with E-state index in [-0.39, 0.29) is 6.61 Å². The van der Waals surface area contributed by atoms with Gasteiger partial charge in [-0.1, -0.05) is 0 Å². The maximum absolute atomic E-state index is 11.3. The Labute approximate surface area is 94.4 Å². The number of fused-ring (bicyclic) bond motifs is 2. The third-order valence-electron chi connectivity index (χ3n) is 2.90. The molecule has 94 valence electrons. The Morgan fingerprint density at radius 2 is 2.31 bits per heavy atom. The fourth-order valence-electron chi connectivity index (χ4n) is 2.32. The first-order valence-corrected chi connectivity index (χ1v) is 7.13. The maximum atomic E-state index is 11.3. The second kappa shape index (κ2) is 3.77. The van der Waals surface area contributed by atoms with E-state index < -0.39 is 25.1 Å². The molecule has 2 aliphatic heterocycles. The largest absolute Gasteiger partial charge is 0.381 e. The molecule has 6 nitrogen and oxygen atoms in total. The molecule has 1 unspecified atom stereocenters. The Balaban J connectivity index is 2.17. The summed E-state index contributed by atoms with van der Waals surface area (Å²) in [5.74, 6) is -0.724. The summed E-state index contributed by atoms with van der Waals surface area (Å²) in [6.07, 6.45) is -0.0265. The van der Waals surface area contributed by atoms with E-state index in [1.54, 1.807) is 14.0 Å². The molecule has 0 spiro atoms. The summed E-state index contributed by atoms with van der Waals surface area (Å²) in [5, 5.41) is 0. The van der Waals surface area contributed by atoms with Gasteiger partial charge in [-0.3, -0.25) is 4.57 Å². The molecule has 7 heteroatoms. The van der Waals surface area contributed by atoms with Gasteiger partial charge in [0.25, 0.3) is 0 Å². The van der Waals surface area contributed by atoms with E-state index in [4.69, 9.17) is 18.7 Å². The molecule has 0 aromatic carbocycles. The van der Waals surface area contributed by atoms with Gasteiger partial charge in [-0.25, -0.2) is 0 Å². The Morgan fingerprint density at radius 1 is 1.62 bits per heavy atom. The second-order valence-corrected chi connectivity index (χ2v) is 6.44. The molecule has 2 aliphatic rings. The highest BCUT2D eigenvalue weighted by Gasteiger charge is 2.62. The molecule has 1 N–H and O–H groups in total. The zero-order valence-corrected chi connectivity index (χ0v) is 10.5. The second-order valence-electron chi connectivity index (χ2n) is 4.62. The molecule has 2 bridgehead atoms. The van der Waals surface area contributed by atoms with Crippen molar-refractivity contribution in [2.24, 2.45) is 0 Å². The lowest BCUT2D eigenvalue weighted by Crippen LogP contribution is -2.47. The summed E-state index contributed by atoms with van der Waals surface area (Å²) in [4.78, 5) is 9.27. The van der Waals surface area contributed by atoms with Gasteiger partial charge in [-0.2, -0.15) is 0 Å². The van der Waals surface area contributed by atoms with E-state index in [2.05, 4.69) is 0 Å². The summed E-state index contributed by atoms with van der Waals surface area (Å²) >= 11 is 0. The monoisotopic (exact) mass is 252 g/mol. The van der Waals surface area contributed by atoms with Crippen LogP contribution in [0.4, 0.5) is 0 Å². The third kappa shape index (κ3) is 2.18. The number of rotatable bonds is 4. The zero-order chi connectivity index (χ0) is 12.0. The highest BCUT2D eigenvalue weighted by Crippen LogP contribution is 2.52. The summed E-state index contributed by atoms with van der Waals surface area (Å²) < 4.78 is 32.8. The zero-order valence-electron chi connectivity index (χ0n) is 9.63. The van der Waals surface area contributed by atoms with Gasteiger partial charge in [0.1, 0.15) is 11.7 Å². The number of hydrogen-bond donors (Lipinski definition) is 1. The molecule has 0 saturated carbocycles. The van der Waals surface area contributed by atoms with Gasteiger partial charge in [-0.05, 0) is 6.92 Å². The quantitative estimate of drug-likeness (QED) is 0.744. The molecule has 0 aliphatic carbocycles. The van der Waals surface area contributed by atoms with Crippen molar-refractivity contribution in [2.45, 2.75) is 30.8 Å². The average molecular weight is 252 g/mol. The van der Waals surface area contributed by atoms with Gasteiger partial charge in [0.05, 0.1) is 13.2 Å². The SMILES string of the molecule is COC[C@]12CO[C@@](C)(C[C@@H]1OP(C)(=O)O)O2. The summed E-state index contributed by atoms with van der Waals surface area (Å²) in [6, 6.07) is 0. The number of methoxy groups -OCH3 is 1. The van der Waals surface area contributed by atoms with Gasteiger partial charge >= 0.3 is 7.60 Å². The van der Waals surface area contributed by atoms with Gasteiger partial charge in [0.15, 0.2) is 5.79 Å². The molecule has 2 saturated heterocycles. The molecule has 2 heterocycles. The van der Waals surface area contributed by atoms with Gasteiger partial charge < -0.3 is 23.6 Å². The van der Waals surface area contributed by atoms with Crippen molar-refractivity contribution in [3.8, 4) is 0 Å². The predicted molar refractivity (Wildman–Crippen MR) is 55.3 cm³/mol. The third-order valence-corrected chi connectivity index (χ3v) is 3.54. The Hall–Kier alpha value is 0.0300. The maximum Gasteiger partial charge on any atom is 0.325 e. The van der Waals surface area contributed by atoms with Crippen LogP contribution in [0.2, 0.25) is 0 Å². The lowest BCUT2D eigenvalue weighted by atomic mass is 9.95. The fourth-order valence-corrected chi connectivity index (χ4v) is 3.06. The Bertz CT molecular complexity index is 324. The van der Waals surface area contributed by atoms with Crippen molar-refractivity contribution in [2.75, 3.05) is 27.0 Å². The normalized spacial score (nSPS) is 45.9. The van der Waals surface area contributed by atoms with E-state index in [9.17, 15) is 9.46 Å². The van der Waals surface area contributed by atoms with E-state index >= 15 is 0 Å². The van der Waals surface area contributed by atoms with Crippen molar-refractivity contribution in [1.29, 1.82) is 0 Å². The van der Waals surface area contributed by atoms with Crippen molar-refractivity contribution in [3.63, 3.8) is 0 Å². The Kier molecular flexibility index (Phi) is 2.94. The van der Waals surface area contributed by atoms with Crippen LogP contribution in [-0.4, -0.2) is 49.4 Å². The highest BCUT2D eigenvalue weighted by molar-refractivity contribution is 7.51. The van der Waals surface area contributed by atoms with Crippen molar-refractivity contribution >= 4 is 7.60 Å².